The van der Waals surface area contributed by atoms with E-state index < -0.39 is 23.1 Å². The minimum Gasteiger partial charge on any atom is -0.289 e. The Bertz CT molecular complexity index is 611. The lowest BCUT2D eigenvalue weighted by Crippen LogP contribution is -2.14. The van der Waals surface area contributed by atoms with Gasteiger partial charge in [0.25, 0.3) is 0 Å². The third-order valence-electron chi connectivity index (χ3n) is 2.46. The van der Waals surface area contributed by atoms with Crippen LogP contribution in [0.5, 0.6) is 0 Å². The number of halogens is 4. The van der Waals surface area contributed by atoms with Gasteiger partial charge in [-0.25, -0.2) is 0 Å². The number of hydrogen-bond donors (Lipinski definition) is 0. The van der Waals surface area contributed by atoms with Crippen LogP contribution in [-0.4, -0.2) is 10.8 Å². The topological polar surface area (TPSA) is 30.0 Å². The summed E-state index contributed by atoms with van der Waals surface area (Å²) in [5, 5.41) is 0. The second kappa shape index (κ2) is 5.13. The second-order valence-corrected chi connectivity index (χ2v) is 4.67. The molecule has 1 aromatic carbocycles. The molecule has 2 aromatic rings. The van der Waals surface area contributed by atoms with Crippen LogP contribution in [0, 0.1) is 0 Å². The molecule has 0 aliphatic rings. The van der Waals surface area contributed by atoms with Crippen molar-refractivity contribution in [3.8, 4) is 0 Å². The molecule has 1 aromatic heterocycles. The van der Waals surface area contributed by atoms with Crippen LogP contribution in [0.15, 0.2) is 47.2 Å². The molecule has 1 heterocycles. The Morgan fingerprint density at radius 1 is 1.21 bits per heavy atom. The van der Waals surface area contributed by atoms with E-state index in [-0.39, 0.29) is 5.56 Å². The van der Waals surface area contributed by atoms with Crippen LogP contribution in [-0.2, 0) is 6.18 Å². The van der Waals surface area contributed by atoms with E-state index in [1.807, 2.05) is 0 Å². The van der Waals surface area contributed by atoms with Crippen LogP contribution in [0.1, 0.15) is 21.5 Å². The van der Waals surface area contributed by atoms with E-state index in [4.69, 9.17) is 0 Å². The van der Waals surface area contributed by atoms with Gasteiger partial charge in [0, 0.05) is 28.0 Å². The molecule has 0 fully saturated rings. The summed E-state index contributed by atoms with van der Waals surface area (Å²) in [6.45, 7) is 0. The SMILES string of the molecule is O=C(c1cccnc1)c1cc(Br)ccc1C(F)(F)F. The number of carbonyl (C=O) groups excluding carboxylic acids is 1. The van der Waals surface area contributed by atoms with E-state index in [0.717, 1.165) is 12.1 Å². The van der Waals surface area contributed by atoms with E-state index in [1.54, 1.807) is 0 Å². The average Bonchev–Trinajstić information content (AvgIpc) is 2.37. The first-order chi connectivity index (χ1) is 8.89. The van der Waals surface area contributed by atoms with Gasteiger partial charge in [-0.2, -0.15) is 13.2 Å². The molecule has 98 valence electrons. The van der Waals surface area contributed by atoms with Crippen molar-refractivity contribution in [3.63, 3.8) is 0 Å². The van der Waals surface area contributed by atoms with Crippen molar-refractivity contribution in [2.24, 2.45) is 0 Å². The van der Waals surface area contributed by atoms with Crippen molar-refractivity contribution >= 4 is 21.7 Å². The number of rotatable bonds is 2. The largest absolute Gasteiger partial charge is 0.417 e. The minimum absolute atomic E-state index is 0.117. The van der Waals surface area contributed by atoms with Gasteiger partial charge < -0.3 is 0 Å². The van der Waals surface area contributed by atoms with Crippen LogP contribution < -0.4 is 0 Å². The Morgan fingerprint density at radius 3 is 2.53 bits per heavy atom. The van der Waals surface area contributed by atoms with Gasteiger partial charge in [0.1, 0.15) is 0 Å². The second-order valence-electron chi connectivity index (χ2n) is 3.76. The number of carbonyl (C=O) groups is 1. The monoisotopic (exact) mass is 329 g/mol. The zero-order valence-corrected chi connectivity index (χ0v) is 11.0. The fourth-order valence-electron chi connectivity index (χ4n) is 1.60. The van der Waals surface area contributed by atoms with Gasteiger partial charge in [0.15, 0.2) is 5.78 Å². The molecule has 0 aliphatic heterocycles. The Kier molecular flexibility index (Phi) is 3.71. The molecule has 0 spiro atoms. The quantitative estimate of drug-likeness (QED) is 0.776. The summed E-state index contributed by atoms with van der Waals surface area (Å²) in [5.74, 6) is -0.707. The van der Waals surface area contributed by atoms with Crippen molar-refractivity contribution in [3.05, 3.63) is 63.9 Å². The third-order valence-corrected chi connectivity index (χ3v) is 2.95. The van der Waals surface area contributed by atoms with Crippen molar-refractivity contribution in [2.75, 3.05) is 0 Å². The van der Waals surface area contributed by atoms with Crippen molar-refractivity contribution in [1.29, 1.82) is 0 Å². The summed E-state index contributed by atoms with van der Waals surface area (Å²) in [5.41, 5.74) is -1.23. The molecular formula is C13H7BrF3NO. The number of aromatic nitrogens is 1. The highest BCUT2D eigenvalue weighted by atomic mass is 79.9. The number of ketones is 1. The van der Waals surface area contributed by atoms with E-state index >= 15 is 0 Å². The van der Waals surface area contributed by atoms with Crippen LogP contribution in [0.4, 0.5) is 13.2 Å². The molecule has 0 N–H and O–H groups in total. The third kappa shape index (κ3) is 3.01. The number of hydrogen-bond acceptors (Lipinski definition) is 2. The van der Waals surface area contributed by atoms with Crippen LogP contribution in [0.3, 0.4) is 0 Å². The number of alkyl halides is 3. The Hall–Kier alpha value is -1.69. The van der Waals surface area contributed by atoms with Gasteiger partial charge in [-0.3, -0.25) is 9.78 Å². The zero-order chi connectivity index (χ0) is 14.0. The molecule has 2 rings (SSSR count). The molecule has 0 saturated carbocycles. The lowest BCUT2D eigenvalue weighted by molar-refractivity contribution is -0.137. The highest BCUT2D eigenvalue weighted by molar-refractivity contribution is 9.10. The summed E-state index contributed by atoms with van der Waals surface area (Å²) in [4.78, 5) is 15.8. The first kappa shape index (κ1) is 13.7. The lowest BCUT2D eigenvalue weighted by atomic mass is 9.99. The molecule has 0 saturated heterocycles. The maximum absolute atomic E-state index is 12.9. The van der Waals surface area contributed by atoms with Crippen LogP contribution in [0.2, 0.25) is 0 Å². The zero-order valence-electron chi connectivity index (χ0n) is 9.41. The highest BCUT2D eigenvalue weighted by Crippen LogP contribution is 2.34. The Balaban J connectivity index is 2.56. The summed E-state index contributed by atoms with van der Waals surface area (Å²) in [7, 11) is 0. The lowest BCUT2D eigenvalue weighted by Gasteiger charge is -2.12. The van der Waals surface area contributed by atoms with Crippen molar-refractivity contribution in [2.45, 2.75) is 6.18 Å². The number of benzene rings is 1. The minimum atomic E-state index is -4.58. The maximum atomic E-state index is 12.9. The smallest absolute Gasteiger partial charge is 0.289 e. The first-order valence-electron chi connectivity index (χ1n) is 5.21. The van der Waals surface area contributed by atoms with Gasteiger partial charge in [0.2, 0.25) is 0 Å². The number of nitrogens with zero attached hydrogens (tertiary/aromatic N) is 1. The molecule has 6 heteroatoms. The van der Waals surface area contributed by atoms with Crippen LogP contribution in [0.25, 0.3) is 0 Å². The molecule has 0 radical (unpaired) electrons. The predicted molar refractivity (Wildman–Crippen MR) is 66.8 cm³/mol. The maximum Gasteiger partial charge on any atom is 0.417 e. The summed E-state index contributed by atoms with van der Waals surface area (Å²) in [6.07, 6.45) is -1.89. The van der Waals surface area contributed by atoms with Gasteiger partial charge in [-0.15, -0.1) is 0 Å². The van der Waals surface area contributed by atoms with Crippen LogP contribution >= 0.6 is 15.9 Å². The van der Waals surface area contributed by atoms with E-state index in [0.29, 0.717) is 4.47 Å². The molecule has 19 heavy (non-hydrogen) atoms. The molecule has 0 atom stereocenters. The molecule has 0 amide bonds. The molecule has 0 aliphatic carbocycles. The van der Waals surface area contributed by atoms with Gasteiger partial charge in [-0.1, -0.05) is 15.9 Å². The Labute approximate surface area is 115 Å². The van der Waals surface area contributed by atoms with E-state index in [1.165, 1.54) is 30.6 Å². The highest BCUT2D eigenvalue weighted by Gasteiger charge is 2.35. The van der Waals surface area contributed by atoms with E-state index in [2.05, 4.69) is 20.9 Å². The molecule has 2 nitrogen and oxygen atoms in total. The normalized spacial score (nSPS) is 11.4. The molecular weight excluding hydrogens is 323 g/mol. The summed E-state index contributed by atoms with van der Waals surface area (Å²) >= 11 is 3.07. The predicted octanol–water partition coefficient (Wildman–Crippen LogP) is 4.09. The Morgan fingerprint density at radius 2 is 1.95 bits per heavy atom. The van der Waals surface area contributed by atoms with Crippen molar-refractivity contribution < 1.29 is 18.0 Å². The summed E-state index contributed by atoms with van der Waals surface area (Å²) in [6, 6.07) is 6.23. The summed E-state index contributed by atoms with van der Waals surface area (Å²) < 4.78 is 39.0. The first-order valence-corrected chi connectivity index (χ1v) is 6.00. The van der Waals surface area contributed by atoms with Gasteiger partial charge in [-0.05, 0) is 30.3 Å². The number of pyridine rings is 1. The van der Waals surface area contributed by atoms with E-state index in [9.17, 15) is 18.0 Å². The standard InChI is InChI=1S/C13H7BrF3NO/c14-9-3-4-11(13(15,16)17)10(6-9)12(19)8-2-1-5-18-7-8/h1-7H. The average molecular weight is 330 g/mol. The van der Waals surface area contributed by atoms with Gasteiger partial charge in [0.05, 0.1) is 5.56 Å². The fourth-order valence-corrected chi connectivity index (χ4v) is 1.97. The van der Waals surface area contributed by atoms with Crippen molar-refractivity contribution in [1.82, 2.24) is 4.98 Å². The molecule has 0 unspecified atom stereocenters. The van der Waals surface area contributed by atoms with Gasteiger partial charge >= 0.3 is 6.18 Å². The fraction of sp³-hybridized carbons (Fsp3) is 0.0769. The molecule has 0 bridgehead atoms.